The van der Waals surface area contributed by atoms with Crippen LogP contribution in [0.2, 0.25) is 0 Å². The van der Waals surface area contributed by atoms with E-state index in [9.17, 15) is 14.4 Å². The van der Waals surface area contributed by atoms with E-state index in [-0.39, 0.29) is 30.8 Å². The van der Waals surface area contributed by atoms with Crippen molar-refractivity contribution in [2.45, 2.75) is 32.2 Å². The molecule has 1 saturated heterocycles. The maximum Gasteiger partial charge on any atom is 0.308 e. The SMILES string of the molecule is C[C@H](c1ccc2c(c1)CCC(=O)N2)N1C[C@@H](C(=O)O)CC1=O. The lowest BCUT2D eigenvalue weighted by Gasteiger charge is -2.26. The molecule has 2 heterocycles. The molecule has 0 unspecified atom stereocenters. The van der Waals surface area contributed by atoms with Crippen molar-refractivity contribution in [3.05, 3.63) is 29.3 Å². The van der Waals surface area contributed by atoms with E-state index in [1.807, 2.05) is 25.1 Å². The Morgan fingerprint density at radius 2 is 2.14 bits per heavy atom. The van der Waals surface area contributed by atoms with Crippen molar-refractivity contribution >= 4 is 23.5 Å². The molecule has 1 fully saturated rings. The number of fused-ring (bicyclic) bond motifs is 1. The van der Waals surface area contributed by atoms with Gasteiger partial charge in [0, 0.05) is 25.1 Å². The summed E-state index contributed by atoms with van der Waals surface area (Å²) in [4.78, 5) is 36.1. The second kappa shape index (κ2) is 5.44. The molecule has 0 aromatic heterocycles. The molecule has 2 aliphatic heterocycles. The number of anilines is 1. The highest BCUT2D eigenvalue weighted by Gasteiger charge is 2.37. The average Bonchev–Trinajstić information content (AvgIpc) is 2.88. The molecule has 2 aliphatic rings. The van der Waals surface area contributed by atoms with Crippen LogP contribution in [0.25, 0.3) is 0 Å². The van der Waals surface area contributed by atoms with Crippen LogP contribution in [0, 0.1) is 5.92 Å². The Labute approximate surface area is 128 Å². The summed E-state index contributed by atoms with van der Waals surface area (Å²) in [7, 11) is 0. The van der Waals surface area contributed by atoms with Crippen LogP contribution in [0.15, 0.2) is 18.2 Å². The molecule has 6 nitrogen and oxygen atoms in total. The second-order valence-corrected chi connectivity index (χ2v) is 5.93. The van der Waals surface area contributed by atoms with Gasteiger partial charge in [-0.05, 0) is 30.5 Å². The lowest BCUT2D eigenvalue weighted by Crippen LogP contribution is -2.29. The van der Waals surface area contributed by atoms with E-state index in [4.69, 9.17) is 5.11 Å². The minimum absolute atomic E-state index is 0.0207. The Hall–Kier alpha value is -2.37. The second-order valence-electron chi connectivity index (χ2n) is 5.93. The van der Waals surface area contributed by atoms with Gasteiger partial charge in [-0.2, -0.15) is 0 Å². The highest BCUT2D eigenvalue weighted by atomic mass is 16.4. The van der Waals surface area contributed by atoms with Crippen LogP contribution in [0.1, 0.15) is 36.9 Å². The van der Waals surface area contributed by atoms with E-state index in [1.54, 1.807) is 4.90 Å². The van der Waals surface area contributed by atoms with Crippen LogP contribution >= 0.6 is 0 Å². The molecular weight excluding hydrogens is 284 g/mol. The van der Waals surface area contributed by atoms with Gasteiger partial charge in [-0.3, -0.25) is 14.4 Å². The van der Waals surface area contributed by atoms with Crippen LogP contribution in [0.3, 0.4) is 0 Å². The number of aliphatic carboxylic acids is 1. The maximum absolute atomic E-state index is 12.0. The molecule has 0 saturated carbocycles. The van der Waals surface area contributed by atoms with Gasteiger partial charge in [0.25, 0.3) is 0 Å². The number of amides is 2. The van der Waals surface area contributed by atoms with Crippen molar-refractivity contribution in [1.82, 2.24) is 4.90 Å². The molecule has 0 bridgehead atoms. The summed E-state index contributed by atoms with van der Waals surface area (Å²) in [6.45, 7) is 2.16. The van der Waals surface area contributed by atoms with Crippen LogP contribution in [0.4, 0.5) is 5.69 Å². The highest BCUT2D eigenvalue weighted by molar-refractivity contribution is 5.94. The average molecular weight is 302 g/mol. The van der Waals surface area contributed by atoms with E-state index in [0.29, 0.717) is 12.8 Å². The van der Waals surface area contributed by atoms with Crippen LogP contribution in [-0.2, 0) is 20.8 Å². The first kappa shape index (κ1) is 14.6. The number of hydrogen-bond acceptors (Lipinski definition) is 3. The minimum Gasteiger partial charge on any atom is -0.481 e. The Kier molecular flexibility index (Phi) is 3.60. The molecule has 6 heteroatoms. The number of carboxylic acids is 1. The molecule has 22 heavy (non-hydrogen) atoms. The predicted octanol–water partition coefficient (Wildman–Crippen LogP) is 1.57. The number of hydrogen-bond donors (Lipinski definition) is 2. The first-order valence-electron chi connectivity index (χ1n) is 7.40. The molecule has 0 aliphatic carbocycles. The van der Waals surface area contributed by atoms with Crippen molar-refractivity contribution in [3.63, 3.8) is 0 Å². The van der Waals surface area contributed by atoms with Gasteiger partial charge in [0.2, 0.25) is 11.8 Å². The zero-order valence-corrected chi connectivity index (χ0v) is 12.3. The normalized spacial score (nSPS) is 22.2. The summed E-state index contributed by atoms with van der Waals surface area (Å²) in [6, 6.07) is 5.57. The Balaban J connectivity index is 1.81. The summed E-state index contributed by atoms with van der Waals surface area (Å²) in [5, 5.41) is 11.9. The van der Waals surface area contributed by atoms with Gasteiger partial charge >= 0.3 is 5.97 Å². The van der Waals surface area contributed by atoms with Gasteiger partial charge in [-0.15, -0.1) is 0 Å². The van der Waals surface area contributed by atoms with Crippen LogP contribution < -0.4 is 5.32 Å². The highest BCUT2D eigenvalue weighted by Crippen LogP contribution is 2.32. The third kappa shape index (κ3) is 2.56. The number of carbonyl (C=O) groups excluding carboxylic acids is 2. The van der Waals surface area contributed by atoms with Gasteiger partial charge in [-0.1, -0.05) is 12.1 Å². The fourth-order valence-corrected chi connectivity index (χ4v) is 3.11. The van der Waals surface area contributed by atoms with Gasteiger partial charge < -0.3 is 15.3 Å². The molecule has 0 spiro atoms. The number of benzene rings is 1. The monoisotopic (exact) mass is 302 g/mol. The van der Waals surface area contributed by atoms with Crippen molar-refractivity contribution in [1.29, 1.82) is 0 Å². The van der Waals surface area contributed by atoms with Gasteiger partial charge in [0.05, 0.1) is 12.0 Å². The number of nitrogens with zero attached hydrogens (tertiary/aromatic N) is 1. The van der Waals surface area contributed by atoms with Gasteiger partial charge in [0.1, 0.15) is 0 Å². The first-order chi connectivity index (χ1) is 10.5. The molecular formula is C16H18N2O4. The minimum atomic E-state index is -0.920. The topological polar surface area (TPSA) is 86.7 Å². The number of likely N-dealkylation sites (tertiary alicyclic amines) is 1. The number of rotatable bonds is 3. The van der Waals surface area contributed by atoms with Crippen molar-refractivity contribution in [3.8, 4) is 0 Å². The maximum atomic E-state index is 12.0. The first-order valence-corrected chi connectivity index (χ1v) is 7.40. The van der Waals surface area contributed by atoms with E-state index in [0.717, 1.165) is 16.8 Å². The summed E-state index contributed by atoms with van der Waals surface area (Å²) in [5.41, 5.74) is 2.85. The van der Waals surface area contributed by atoms with Crippen LogP contribution in [0.5, 0.6) is 0 Å². The van der Waals surface area contributed by atoms with Crippen molar-refractivity contribution in [2.75, 3.05) is 11.9 Å². The predicted molar refractivity (Wildman–Crippen MR) is 79.3 cm³/mol. The lowest BCUT2D eigenvalue weighted by molar-refractivity contribution is -0.141. The Morgan fingerprint density at radius 1 is 1.36 bits per heavy atom. The lowest BCUT2D eigenvalue weighted by atomic mass is 9.97. The molecule has 1 aromatic carbocycles. The van der Waals surface area contributed by atoms with Crippen LogP contribution in [-0.4, -0.2) is 34.3 Å². The molecule has 2 atom stereocenters. The molecule has 116 valence electrons. The summed E-state index contributed by atoms with van der Waals surface area (Å²) < 4.78 is 0. The molecule has 1 aromatic rings. The number of aryl methyl sites for hydroxylation is 1. The van der Waals surface area contributed by atoms with Crippen molar-refractivity contribution in [2.24, 2.45) is 5.92 Å². The smallest absolute Gasteiger partial charge is 0.308 e. The van der Waals surface area contributed by atoms with E-state index in [2.05, 4.69) is 5.32 Å². The fraction of sp³-hybridized carbons (Fsp3) is 0.438. The third-order valence-corrected chi connectivity index (χ3v) is 4.48. The third-order valence-electron chi connectivity index (χ3n) is 4.48. The summed E-state index contributed by atoms with van der Waals surface area (Å²) >= 11 is 0. The Bertz CT molecular complexity index is 656. The fourth-order valence-electron chi connectivity index (χ4n) is 3.11. The number of carbonyl (C=O) groups is 3. The molecule has 0 radical (unpaired) electrons. The van der Waals surface area contributed by atoms with E-state index < -0.39 is 11.9 Å². The summed E-state index contributed by atoms with van der Waals surface area (Å²) in [5.74, 6) is -1.64. The van der Waals surface area contributed by atoms with E-state index >= 15 is 0 Å². The van der Waals surface area contributed by atoms with Crippen molar-refractivity contribution < 1.29 is 19.5 Å². The van der Waals surface area contributed by atoms with Gasteiger partial charge in [0.15, 0.2) is 0 Å². The zero-order valence-electron chi connectivity index (χ0n) is 12.3. The van der Waals surface area contributed by atoms with E-state index in [1.165, 1.54) is 0 Å². The quantitative estimate of drug-likeness (QED) is 0.887. The number of carboxylic acid groups (broad SMARTS) is 1. The standard InChI is InChI=1S/C16H18N2O4/c1-9(18-8-12(16(21)22)7-15(18)20)10-2-4-13-11(6-10)3-5-14(19)17-13/h2,4,6,9,12H,3,5,7-8H2,1H3,(H,17,19)(H,21,22)/t9-,12+/m1/s1. The molecule has 2 amide bonds. The Morgan fingerprint density at radius 3 is 2.82 bits per heavy atom. The molecule has 3 rings (SSSR count). The number of nitrogens with one attached hydrogen (secondary N) is 1. The van der Waals surface area contributed by atoms with Gasteiger partial charge in [-0.25, -0.2) is 0 Å². The zero-order chi connectivity index (χ0) is 15.9. The largest absolute Gasteiger partial charge is 0.481 e. The molecule has 2 N–H and O–H groups in total. The summed E-state index contributed by atoms with van der Waals surface area (Å²) in [6.07, 6.45) is 1.22.